The molecule has 1 aliphatic carbocycles. The van der Waals surface area contributed by atoms with Gasteiger partial charge in [-0.3, -0.25) is 0 Å². The molecule has 5 heteroatoms. The van der Waals surface area contributed by atoms with Crippen molar-refractivity contribution in [2.24, 2.45) is 0 Å². The predicted molar refractivity (Wildman–Crippen MR) is 115 cm³/mol. The molecule has 1 aromatic carbocycles. The molecule has 0 amide bonds. The number of rotatable bonds is 5. The van der Waals surface area contributed by atoms with E-state index in [9.17, 15) is 0 Å². The summed E-state index contributed by atoms with van der Waals surface area (Å²) in [7, 11) is 0. The first-order chi connectivity index (χ1) is 13.2. The Kier molecular flexibility index (Phi) is 4.05. The lowest BCUT2D eigenvalue weighted by Gasteiger charge is -2.10. The second-order valence-electron chi connectivity index (χ2n) is 7.18. The maximum absolute atomic E-state index is 4.78. The van der Waals surface area contributed by atoms with E-state index in [-0.39, 0.29) is 0 Å². The standard InChI is InChI=1S/C22H22N4S/c1-3-27-16-6-4-5-14(10-16)18-12-24-22(25-15-7-8-15)20-19(18)17-9-13(2)11-23-21(17)26-20/h4-6,9-12,15H,3,7-8H2,1-2H3,(H,23,26)(H,24,25). The molecule has 0 spiro atoms. The van der Waals surface area contributed by atoms with Crippen LogP contribution in [0, 0.1) is 6.92 Å². The molecule has 5 rings (SSSR count). The second kappa shape index (κ2) is 6.57. The molecule has 3 aromatic heterocycles. The zero-order valence-corrected chi connectivity index (χ0v) is 16.4. The average Bonchev–Trinajstić information content (AvgIpc) is 3.41. The Morgan fingerprint density at radius 1 is 1.19 bits per heavy atom. The number of nitrogens with zero attached hydrogens (tertiary/aromatic N) is 2. The first-order valence-electron chi connectivity index (χ1n) is 9.49. The van der Waals surface area contributed by atoms with E-state index in [0.717, 1.165) is 39.2 Å². The van der Waals surface area contributed by atoms with Gasteiger partial charge in [-0.2, -0.15) is 0 Å². The summed E-state index contributed by atoms with van der Waals surface area (Å²) in [6.07, 6.45) is 6.37. The number of nitrogens with one attached hydrogen (secondary N) is 2. The molecule has 3 heterocycles. The van der Waals surface area contributed by atoms with Gasteiger partial charge >= 0.3 is 0 Å². The van der Waals surface area contributed by atoms with Crippen molar-refractivity contribution in [2.75, 3.05) is 11.1 Å². The summed E-state index contributed by atoms with van der Waals surface area (Å²) in [6, 6.07) is 11.5. The highest BCUT2D eigenvalue weighted by Gasteiger charge is 2.24. The fourth-order valence-electron chi connectivity index (χ4n) is 3.56. The van der Waals surface area contributed by atoms with Gasteiger partial charge in [0, 0.05) is 39.7 Å². The number of aryl methyl sites for hydroxylation is 1. The zero-order valence-electron chi connectivity index (χ0n) is 15.5. The van der Waals surface area contributed by atoms with Crippen LogP contribution in [-0.4, -0.2) is 26.7 Å². The van der Waals surface area contributed by atoms with Crippen LogP contribution >= 0.6 is 11.8 Å². The molecule has 0 aliphatic heterocycles. The molecular formula is C22H22N4S. The van der Waals surface area contributed by atoms with E-state index in [4.69, 9.17) is 4.98 Å². The molecule has 0 saturated heterocycles. The largest absolute Gasteiger partial charge is 0.366 e. The molecule has 27 heavy (non-hydrogen) atoms. The third-order valence-electron chi connectivity index (χ3n) is 4.99. The molecule has 0 bridgehead atoms. The Morgan fingerprint density at radius 3 is 2.89 bits per heavy atom. The molecule has 136 valence electrons. The third-order valence-corrected chi connectivity index (χ3v) is 5.87. The number of aromatic amines is 1. The van der Waals surface area contributed by atoms with Crippen molar-refractivity contribution in [2.45, 2.75) is 37.6 Å². The van der Waals surface area contributed by atoms with Gasteiger partial charge < -0.3 is 10.3 Å². The summed E-state index contributed by atoms with van der Waals surface area (Å²) in [5.74, 6) is 2.00. The number of anilines is 1. The third kappa shape index (κ3) is 3.06. The maximum Gasteiger partial charge on any atom is 0.150 e. The van der Waals surface area contributed by atoms with E-state index in [1.54, 1.807) is 0 Å². The Bertz CT molecular complexity index is 1140. The molecule has 0 unspecified atom stereocenters. The normalized spacial score (nSPS) is 14.1. The SMILES string of the molecule is CCSc1cccc(-c2cnc(NC3CC3)c3[nH]c4ncc(C)cc4c23)c1. The Morgan fingerprint density at radius 2 is 2.07 bits per heavy atom. The van der Waals surface area contributed by atoms with Gasteiger partial charge in [-0.25, -0.2) is 9.97 Å². The fraction of sp³-hybridized carbons (Fsp3) is 0.273. The van der Waals surface area contributed by atoms with Gasteiger partial charge in [0.05, 0.1) is 5.52 Å². The van der Waals surface area contributed by atoms with Crippen molar-refractivity contribution >= 4 is 39.5 Å². The monoisotopic (exact) mass is 374 g/mol. The Balaban J connectivity index is 1.77. The van der Waals surface area contributed by atoms with E-state index in [1.807, 2.05) is 24.2 Å². The Hall–Kier alpha value is -2.53. The molecule has 4 aromatic rings. The first kappa shape index (κ1) is 16.6. The van der Waals surface area contributed by atoms with Gasteiger partial charge in [0.1, 0.15) is 5.65 Å². The van der Waals surface area contributed by atoms with Gasteiger partial charge in [0.25, 0.3) is 0 Å². The van der Waals surface area contributed by atoms with Crippen molar-refractivity contribution in [1.29, 1.82) is 0 Å². The lowest BCUT2D eigenvalue weighted by Crippen LogP contribution is -2.03. The molecule has 1 saturated carbocycles. The maximum atomic E-state index is 4.78. The minimum atomic E-state index is 0.553. The van der Waals surface area contributed by atoms with Crippen LogP contribution in [0.5, 0.6) is 0 Å². The van der Waals surface area contributed by atoms with Crippen LogP contribution in [0.2, 0.25) is 0 Å². The molecule has 2 N–H and O–H groups in total. The summed E-state index contributed by atoms with van der Waals surface area (Å²) in [5.41, 5.74) is 5.50. The van der Waals surface area contributed by atoms with Gasteiger partial charge in [-0.15, -0.1) is 11.8 Å². The van der Waals surface area contributed by atoms with Crippen molar-refractivity contribution in [3.8, 4) is 11.1 Å². The smallest absolute Gasteiger partial charge is 0.150 e. The first-order valence-corrected chi connectivity index (χ1v) is 10.5. The van der Waals surface area contributed by atoms with Gasteiger partial charge in [0.2, 0.25) is 0 Å². The highest BCUT2D eigenvalue weighted by Crippen LogP contribution is 2.38. The lowest BCUT2D eigenvalue weighted by molar-refractivity contribution is 1.12. The summed E-state index contributed by atoms with van der Waals surface area (Å²) in [5, 5.41) is 5.94. The number of hydrogen-bond donors (Lipinski definition) is 2. The van der Waals surface area contributed by atoms with E-state index >= 15 is 0 Å². The Labute approximate surface area is 162 Å². The van der Waals surface area contributed by atoms with Gasteiger partial charge in [0.15, 0.2) is 5.82 Å². The van der Waals surface area contributed by atoms with Crippen molar-refractivity contribution in [3.63, 3.8) is 0 Å². The van der Waals surface area contributed by atoms with Crippen LogP contribution in [0.4, 0.5) is 5.82 Å². The summed E-state index contributed by atoms with van der Waals surface area (Å²) >= 11 is 1.86. The van der Waals surface area contributed by atoms with E-state index in [1.165, 1.54) is 28.7 Å². The fourth-order valence-corrected chi connectivity index (χ4v) is 4.28. The van der Waals surface area contributed by atoms with Gasteiger partial charge in [-0.1, -0.05) is 19.1 Å². The van der Waals surface area contributed by atoms with Crippen molar-refractivity contribution < 1.29 is 0 Å². The molecule has 1 aliphatic rings. The predicted octanol–water partition coefficient (Wildman–Crippen LogP) is 5.77. The number of thioether (sulfide) groups is 1. The van der Waals surface area contributed by atoms with Crippen LogP contribution < -0.4 is 5.32 Å². The average molecular weight is 375 g/mol. The number of fused-ring (bicyclic) bond motifs is 3. The van der Waals surface area contributed by atoms with Crippen molar-refractivity contribution in [1.82, 2.24) is 15.0 Å². The van der Waals surface area contributed by atoms with Crippen LogP contribution in [0.1, 0.15) is 25.3 Å². The molecule has 0 radical (unpaired) electrons. The number of H-pyrrole nitrogens is 1. The highest BCUT2D eigenvalue weighted by molar-refractivity contribution is 7.99. The lowest BCUT2D eigenvalue weighted by atomic mass is 10.0. The van der Waals surface area contributed by atoms with Crippen LogP contribution in [-0.2, 0) is 0 Å². The van der Waals surface area contributed by atoms with Crippen LogP contribution in [0.3, 0.4) is 0 Å². The molecule has 0 atom stereocenters. The number of aromatic nitrogens is 3. The minimum absolute atomic E-state index is 0.553. The van der Waals surface area contributed by atoms with Crippen LogP contribution in [0.15, 0.2) is 47.6 Å². The molecule has 4 nitrogen and oxygen atoms in total. The number of pyridine rings is 2. The van der Waals surface area contributed by atoms with Crippen molar-refractivity contribution in [3.05, 3.63) is 48.3 Å². The number of benzene rings is 1. The summed E-state index contributed by atoms with van der Waals surface area (Å²) in [4.78, 5) is 14.2. The van der Waals surface area contributed by atoms with E-state index < -0.39 is 0 Å². The minimum Gasteiger partial charge on any atom is -0.366 e. The zero-order chi connectivity index (χ0) is 18.4. The summed E-state index contributed by atoms with van der Waals surface area (Å²) < 4.78 is 0. The van der Waals surface area contributed by atoms with Crippen LogP contribution in [0.25, 0.3) is 33.1 Å². The highest BCUT2D eigenvalue weighted by atomic mass is 32.2. The van der Waals surface area contributed by atoms with E-state index in [2.05, 4.69) is 59.5 Å². The molecule has 1 fully saturated rings. The quantitative estimate of drug-likeness (QED) is 0.435. The summed E-state index contributed by atoms with van der Waals surface area (Å²) in [6.45, 7) is 4.28. The molecular weight excluding hydrogens is 352 g/mol. The van der Waals surface area contributed by atoms with Gasteiger partial charge in [-0.05, 0) is 54.8 Å². The van der Waals surface area contributed by atoms with E-state index in [0.29, 0.717) is 6.04 Å². The number of hydrogen-bond acceptors (Lipinski definition) is 4. The topological polar surface area (TPSA) is 53.6 Å². The second-order valence-corrected chi connectivity index (χ2v) is 8.52.